The fourth-order valence-corrected chi connectivity index (χ4v) is 5.19. The number of piperidine rings is 1. The van der Waals surface area contributed by atoms with Crippen LogP contribution in [0.2, 0.25) is 0 Å². The second-order valence-corrected chi connectivity index (χ2v) is 8.77. The molecule has 0 saturated carbocycles. The summed E-state index contributed by atoms with van der Waals surface area (Å²) in [5.74, 6) is -0.276. The van der Waals surface area contributed by atoms with Crippen LogP contribution in [0.5, 0.6) is 0 Å². The van der Waals surface area contributed by atoms with Crippen molar-refractivity contribution in [1.82, 2.24) is 10.2 Å². The Bertz CT molecular complexity index is 944. The van der Waals surface area contributed by atoms with Gasteiger partial charge in [0.05, 0.1) is 30.5 Å². The number of esters is 1. The van der Waals surface area contributed by atoms with E-state index < -0.39 is 0 Å². The van der Waals surface area contributed by atoms with Gasteiger partial charge in [-0.25, -0.2) is 4.79 Å². The lowest BCUT2D eigenvalue weighted by atomic mass is 9.84. The maximum Gasteiger partial charge on any atom is 0.338 e. The molecule has 2 unspecified atom stereocenters. The molecule has 0 aliphatic carbocycles. The number of ether oxygens (including phenoxy) is 1. The SMILES string of the molecule is COC(=O)c1ccccc1CN1C(C2NC=CC=C2C)CCC[C@@H]1C1=C(C)CCC=N1. The van der Waals surface area contributed by atoms with Gasteiger partial charge in [0.1, 0.15) is 0 Å². The van der Waals surface area contributed by atoms with Crippen molar-refractivity contribution >= 4 is 12.2 Å². The van der Waals surface area contributed by atoms with E-state index in [2.05, 4.69) is 48.5 Å². The number of hydrogen-bond donors (Lipinski definition) is 1. The van der Waals surface area contributed by atoms with Gasteiger partial charge in [0, 0.05) is 18.8 Å². The molecule has 5 heteroatoms. The minimum atomic E-state index is -0.276. The lowest BCUT2D eigenvalue weighted by molar-refractivity contribution is 0.0585. The first-order valence-electron chi connectivity index (χ1n) is 11.3. The van der Waals surface area contributed by atoms with E-state index in [1.54, 1.807) is 0 Å². The van der Waals surface area contributed by atoms with Gasteiger partial charge in [-0.05, 0) is 81.0 Å². The molecule has 164 valence electrons. The first-order valence-corrected chi connectivity index (χ1v) is 11.3. The molecule has 0 spiro atoms. The first-order chi connectivity index (χ1) is 15.1. The molecule has 3 heterocycles. The number of aliphatic imine (C=N–C) groups is 1. The van der Waals surface area contributed by atoms with Crippen LogP contribution in [0.25, 0.3) is 0 Å². The largest absolute Gasteiger partial charge is 0.465 e. The van der Waals surface area contributed by atoms with Crippen LogP contribution in [0.1, 0.15) is 61.9 Å². The Balaban J connectivity index is 1.73. The number of carbonyl (C=O) groups is 1. The number of dihydropyridines is 1. The topological polar surface area (TPSA) is 53.9 Å². The van der Waals surface area contributed by atoms with E-state index in [9.17, 15) is 4.79 Å². The summed E-state index contributed by atoms with van der Waals surface area (Å²) in [7, 11) is 1.45. The summed E-state index contributed by atoms with van der Waals surface area (Å²) < 4.78 is 5.07. The highest BCUT2D eigenvalue weighted by Gasteiger charge is 2.39. The lowest BCUT2D eigenvalue weighted by Gasteiger charge is -2.47. The zero-order valence-corrected chi connectivity index (χ0v) is 18.8. The molecular formula is C26H33N3O2. The Morgan fingerprint density at radius 1 is 1.26 bits per heavy atom. The van der Waals surface area contributed by atoms with Crippen molar-refractivity contribution in [2.75, 3.05) is 7.11 Å². The second kappa shape index (κ2) is 9.65. The Hall–Kier alpha value is -2.66. The molecule has 0 amide bonds. The van der Waals surface area contributed by atoms with Crippen LogP contribution in [0.4, 0.5) is 0 Å². The smallest absolute Gasteiger partial charge is 0.338 e. The number of allylic oxidation sites excluding steroid dienone is 3. The summed E-state index contributed by atoms with van der Waals surface area (Å²) >= 11 is 0. The summed E-state index contributed by atoms with van der Waals surface area (Å²) in [6.07, 6.45) is 13.9. The van der Waals surface area contributed by atoms with Crippen LogP contribution in [0, 0.1) is 0 Å². The fourth-order valence-electron chi connectivity index (χ4n) is 5.19. The molecule has 1 saturated heterocycles. The molecule has 31 heavy (non-hydrogen) atoms. The molecule has 1 aromatic rings. The van der Waals surface area contributed by atoms with Crippen LogP contribution in [-0.2, 0) is 11.3 Å². The third-order valence-electron chi connectivity index (χ3n) is 6.82. The molecule has 0 bridgehead atoms. The number of nitrogens with one attached hydrogen (secondary N) is 1. The zero-order valence-electron chi connectivity index (χ0n) is 18.8. The molecule has 1 fully saturated rings. The highest BCUT2D eigenvalue weighted by Crippen LogP contribution is 2.36. The van der Waals surface area contributed by atoms with Crippen LogP contribution in [-0.4, -0.2) is 42.3 Å². The van der Waals surface area contributed by atoms with Crippen LogP contribution >= 0.6 is 0 Å². The molecule has 0 aromatic heterocycles. The van der Waals surface area contributed by atoms with E-state index in [-0.39, 0.29) is 18.1 Å². The van der Waals surface area contributed by atoms with E-state index in [1.165, 1.54) is 30.4 Å². The van der Waals surface area contributed by atoms with Crippen LogP contribution in [0.15, 0.2) is 64.5 Å². The average molecular weight is 420 g/mol. The Morgan fingerprint density at radius 3 is 2.87 bits per heavy atom. The lowest BCUT2D eigenvalue weighted by Crippen LogP contribution is -2.56. The maximum absolute atomic E-state index is 12.4. The van der Waals surface area contributed by atoms with Gasteiger partial charge in [0.15, 0.2) is 0 Å². The second-order valence-electron chi connectivity index (χ2n) is 8.77. The standard InChI is InChI=1S/C26H33N3O2/c1-18-9-7-15-27-24(18)22-13-6-14-23(25-19(2)10-8-16-28-25)29(22)17-20-11-4-5-12-21(20)26(30)31-3/h4-5,7,9,11-12,15-16,22-24,27H,6,8,10,13-14,17H2,1-3H3/t22?,23-,24?/m1/s1. The summed E-state index contributed by atoms with van der Waals surface area (Å²) in [4.78, 5) is 19.9. The van der Waals surface area contributed by atoms with E-state index in [0.717, 1.165) is 31.2 Å². The van der Waals surface area contributed by atoms with Gasteiger partial charge in [-0.3, -0.25) is 9.89 Å². The average Bonchev–Trinajstić information content (AvgIpc) is 2.80. The number of likely N-dealkylation sites (tertiary alicyclic amines) is 1. The van der Waals surface area contributed by atoms with Crippen molar-refractivity contribution in [3.8, 4) is 0 Å². The number of hydrogen-bond acceptors (Lipinski definition) is 5. The first kappa shape index (κ1) is 21.6. The van der Waals surface area contributed by atoms with Gasteiger partial charge in [0.25, 0.3) is 0 Å². The van der Waals surface area contributed by atoms with Gasteiger partial charge in [-0.15, -0.1) is 0 Å². The molecule has 3 aliphatic rings. The van der Waals surface area contributed by atoms with Crippen molar-refractivity contribution in [2.45, 2.75) is 70.6 Å². The highest BCUT2D eigenvalue weighted by atomic mass is 16.5. The van der Waals surface area contributed by atoms with Gasteiger partial charge in [-0.1, -0.05) is 24.3 Å². The number of rotatable bonds is 5. The molecule has 5 nitrogen and oxygen atoms in total. The normalized spacial score (nSPS) is 26.4. The summed E-state index contributed by atoms with van der Waals surface area (Å²) in [5.41, 5.74) is 5.62. The Kier molecular flexibility index (Phi) is 6.71. The monoisotopic (exact) mass is 419 g/mol. The molecule has 4 rings (SSSR count). The minimum absolute atomic E-state index is 0.251. The molecule has 3 aliphatic heterocycles. The van der Waals surface area contributed by atoms with Crippen LogP contribution < -0.4 is 5.32 Å². The predicted octanol–water partition coefficient (Wildman–Crippen LogP) is 4.77. The van der Waals surface area contributed by atoms with Crippen molar-refractivity contribution in [3.63, 3.8) is 0 Å². The van der Waals surface area contributed by atoms with Gasteiger partial charge in [0.2, 0.25) is 0 Å². The Labute approximate surface area is 185 Å². The van der Waals surface area contributed by atoms with Gasteiger partial charge >= 0.3 is 5.97 Å². The van der Waals surface area contributed by atoms with E-state index in [1.807, 2.05) is 24.4 Å². The zero-order chi connectivity index (χ0) is 21.8. The van der Waals surface area contributed by atoms with Gasteiger partial charge in [-0.2, -0.15) is 0 Å². The maximum atomic E-state index is 12.4. The minimum Gasteiger partial charge on any atom is -0.465 e. The molecule has 1 N–H and O–H groups in total. The molecule has 0 radical (unpaired) electrons. The van der Waals surface area contributed by atoms with E-state index >= 15 is 0 Å². The Morgan fingerprint density at radius 2 is 2.10 bits per heavy atom. The predicted molar refractivity (Wildman–Crippen MR) is 125 cm³/mol. The summed E-state index contributed by atoms with van der Waals surface area (Å²) in [5, 5.41) is 3.60. The summed E-state index contributed by atoms with van der Waals surface area (Å²) in [6.45, 7) is 5.12. The van der Waals surface area contributed by atoms with Crippen LogP contribution in [0.3, 0.4) is 0 Å². The van der Waals surface area contributed by atoms with Crippen molar-refractivity contribution in [3.05, 3.63) is 70.6 Å². The third-order valence-corrected chi connectivity index (χ3v) is 6.82. The van der Waals surface area contributed by atoms with E-state index in [0.29, 0.717) is 18.2 Å². The quantitative estimate of drug-likeness (QED) is 0.699. The number of methoxy groups -OCH3 is 1. The molecular weight excluding hydrogens is 386 g/mol. The van der Waals surface area contributed by atoms with Gasteiger partial charge < -0.3 is 10.1 Å². The fraction of sp³-hybridized carbons (Fsp3) is 0.462. The third kappa shape index (κ3) is 4.52. The number of carbonyl (C=O) groups excluding carboxylic acids is 1. The van der Waals surface area contributed by atoms with Crippen molar-refractivity contribution in [2.24, 2.45) is 4.99 Å². The molecule has 1 aromatic carbocycles. The number of nitrogens with zero attached hydrogens (tertiary/aromatic N) is 2. The highest BCUT2D eigenvalue weighted by molar-refractivity contribution is 5.90. The summed E-state index contributed by atoms with van der Waals surface area (Å²) in [6, 6.07) is 8.66. The van der Waals surface area contributed by atoms with Crippen molar-refractivity contribution in [1.29, 1.82) is 0 Å². The van der Waals surface area contributed by atoms with E-state index in [4.69, 9.17) is 9.73 Å². The number of benzene rings is 1. The molecule has 3 atom stereocenters. The van der Waals surface area contributed by atoms with Crippen molar-refractivity contribution < 1.29 is 9.53 Å².